The van der Waals surface area contributed by atoms with Crippen molar-refractivity contribution in [3.05, 3.63) is 35.5 Å². The summed E-state index contributed by atoms with van der Waals surface area (Å²) < 4.78 is 37.7. The molecule has 1 N–H and O–H groups in total. The normalized spacial score (nSPS) is 16.2. The van der Waals surface area contributed by atoms with Crippen LogP contribution in [0.4, 0.5) is 19.0 Å². The van der Waals surface area contributed by atoms with Gasteiger partial charge in [0.05, 0.1) is 0 Å². The van der Waals surface area contributed by atoms with Crippen LogP contribution in [0.2, 0.25) is 0 Å². The Balaban J connectivity index is 2.05. The van der Waals surface area contributed by atoms with Gasteiger partial charge in [0.2, 0.25) is 0 Å². The van der Waals surface area contributed by atoms with Crippen LogP contribution in [0, 0.1) is 0 Å². The van der Waals surface area contributed by atoms with Gasteiger partial charge in [-0.25, -0.2) is 4.98 Å². The van der Waals surface area contributed by atoms with E-state index in [2.05, 4.69) is 10.3 Å². The smallest absolute Gasteiger partial charge is 0.353 e. The minimum absolute atomic E-state index is 0.0165. The second-order valence-electron chi connectivity index (χ2n) is 4.73. The molecule has 0 unspecified atom stereocenters. The van der Waals surface area contributed by atoms with E-state index in [9.17, 15) is 13.2 Å². The molecule has 0 atom stereocenters. The van der Waals surface area contributed by atoms with Crippen molar-refractivity contribution < 1.29 is 13.2 Å². The molecule has 0 fully saturated rings. The van der Waals surface area contributed by atoms with Crippen molar-refractivity contribution in [2.45, 2.75) is 26.1 Å². The van der Waals surface area contributed by atoms with E-state index in [1.807, 2.05) is 24.0 Å². The predicted octanol–water partition coefficient (Wildman–Crippen LogP) is 2.89. The van der Waals surface area contributed by atoms with Gasteiger partial charge in [0, 0.05) is 31.4 Å². The third-order valence-corrected chi connectivity index (χ3v) is 3.29. The standard InChI is InChI=1S/C14H18F3N3/c1-2-18-10-11-3-6-19-13(9-11)20-7-4-12(5-8-20)14(15,16)17/h3-4,6,9,18H,2,5,7-8,10H2,1H3. The molecular weight excluding hydrogens is 267 g/mol. The number of alkyl halides is 3. The Kier molecular flexibility index (Phi) is 4.65. The highest BCUT2D eigenvalue weighted by Gasteiger charge is 2.34. The van der Waals surface area contributed by atoms with Gasteiger partial charge in [-0.3, -0.25) is 0 Å². The number of nitrogens with one attached hydrogen (secondary N) is 1. The Labute approximate surface area is 116 Å². The molecule has 110 valence electrons. The fourth-order valence-corrected chi connectivity index (χ4v) is 2.15. The summed E-state index contributed by atoms with van der Waals surface area (Å²) in [5.41, 5.74) is 0.653. The zero-order valence-electron chi connectivity index (χ0n) is 11.4. The molecule has 0 spiro atoms. The average molecular weight is 285 g/mol. The Morgan fingerprint density at radius 3 is 2.80 bits per heavy atom. The largest absolute Gasteiger partial charge is 0.412 e. The molecule has 1 aromatic rings. The van der Waals surface area contributed by atoms with Gasteiger partial charge in [0.25, 0.3) is 0 Å². The molecule has 0 amide bonds. The van der Waals surface area contributed by atoms with Gasteiger partial charge in [-0.1, -0.05) is 13.0 Å². The van der Waals surface area contributed by atoms with E-state index in [1.165, 1.54) is 6.08 Å². The number of pyridine rings is 1. The third-order valence-electron chi connectivity index (χ3n) is 3.29. The van der Waals surface area contributed by atoms with Crippen molar-refractivity contribution in [3.8, 4) is 0 Å². The molecule has 6 heteroatoms. The molecule has 1 aromatic heterocycles. The van der Waals surface area contributed by atoms with E-state index >= 15 is 0 Å². The maximum atomic E-state index is 12.6. The number of aromatic nitrogens is 1. The van der Waals surface area contributed by atoms with Crippen molar-refractivity contribution in [2.75, 3.05) is 24.5 Å². The minimum atomic E-state index is -4.20. The molecule has 1 aliphatic heterocycles. The number of halogens is 3. The lowest BCUT2D eigenvalue weighted by Gasteiger charge is -2.28. The van der Waals surface area contributed by atoms with Crippen LogP contribution in [0.25, 0.3) is 0 Å². The number of rotatable bonds is 4. The molecule has 0 aliphatic carbocycles. The Morgan fingerprint density at radius 1 is 1.40 bits per heavy atom. The molecule has 0 bridgehead atoms. The van der Waals surface area contributed by atoms with Gasteiger partial charge in [-0.15, -0.1) is 0 Å². The molecule has 0 saturated carbocycles. The number of hydrogen-bond donors (Lipinski definition) is 1. The van der Waals surface area contributed by atoms with Crippen molar-refractivity contribution in [3.63, 3.8) is 0 Å². The highest BCUT2D eigenvalue weighted by molar-refractivity contribution is 5.43. The van der Waals surface area contributed by atoms with Gasteiger partial charge in [-0.2, -0.15) is 13.2 Å². The lowest BCUT2D eigenvalue weighted by Crippen LogP contribution is -2.32. The second kappa shape index (κ2) is 6.26. The lowest BCUT2D eigenvalue weighted by atomic mass is 10.1. The van der Waals surface area contributed by atoms with E-state index in [-0.39, 0.29) is 13.0 Å². The zero-order chi connectivity index (χ0) is 14.6. The number of hydrogen-bond acceptors (Lipinski definition) is 3. The van der Waals surface area contributed by atoms with Crippen LogP contribution in [0.5, 0.6) is 0 Å². The summed E-state index contributed by atoms with van der Waals surface area (Å²) in [5.74, 6) is 0.734. The van der Waals surface area contributed by atoms with Gasteiger partial charge in [0.1, 0.15) is 5.82 Å². The van der Waals surface area contributed by atoms with Crippen molar-refractivity contribution in [1.29, 1.82) is 0 Å². The van der Waals surface area contributed by atoms with Crippen molar-refractivity contribution >= 4 is 5.82 Å². The van der Waals surface area contributed by atoms with E-state index < -0.39 is 11.7 Å². The van der Waals surface area contributed by atoms with Gasteiger partial charge < -0.3 is 10.2 Å². The highest BCUT2D eigenvalue weighted by Crippen LogP contribution is 2.31. The van der Waals surface area contributed by atoms with Crippen LogP contribution in [0.3, 0.4) is 0 Å². The highest BCUT2D eigenvalue weighted by atomic mass is 19.4. The van der Waals surface area contributed by atoms with E-state index in [4.69, 9.17) is 0 Å². The van der Waals surface area contributed by atoms with Gasteiger partial charge in [0.15, 0.2) is 0 Å². The second-order valence-corrected chi connectivity index (χ2v) is 4.73. The Hall–Kier alpha value is -1.56. The molecule has 2 rings (SSSR count). The number of nitrogens with zero attached hydrogens (tertiary/aromatic N) is 2. The summed E-state index contributed by atoms with van der Waals surface area (Å²) >= 11 is 0. The first-order chi connectivity index (χ1) is 9.50. The molecule has 0 radical (unpaired) electrons. The number of anilines is 1. The fraction of sp³-hybridized carbons (Fsp3) is 0.500. The molecule has 3 nitrogen and oxygen atoms in total. The van der Waals surface area contributed by atoms with E-state index in [0.717, 1.165) is 24.5 Å². The van der Waals surface area contributed by atoms with E-state index in [0.29, 0.717) is 6.54 Å². The molecule has 0 aromatic carbocycles. The molecule has 2 heterocycles. The van der Waals surface area contributed by atoms with Gasteiger partial charge in [-0.05, 0) is 30.7 Å². The van der Waals surface area contributed by atoms with Crippen molar-refractivity contribution in [2.24, 2.45) is 0 Å². The first kappa shape index (κ1) is 14.8. The van der Waals surface area contributed by atoms with Crippen molar-refractivity contribution in [1.82, 2.24) is 10.3 Å². The lowest BCUT2D eigenvalue weighted by molar-refractivity contribution is -0.0944. The van der Waals surface area contributed by atoms with Crippen LogP contribution in [0.1, 0.15) is 18.9 Å². The predicted molar refractivity (Wildman–Crippen MR) is 72.6 cm³/mol. The SMILES string of the molecule is CCNCc1ccnc(N2CC=C(C(F)(F)F)CC2)c1. The first-order valence-electron chi connectivity index (χ1n) is 6.67. The summed E-state index contributed by atoms with van der Waals surface area (Å²) in [6, 6.07) is 3.84. The summed E-state index contributed by atoms with van der Waals surface area (Å²) in [7, 11) is 0. The first-order valence-corrected chi connectivity index (χ1v) is 6.67. The Morgan fingerprint density at radius 2 is 2.20 bits per heavy atom. The van der Waals surface area contributed by atoms with Crippen LogP contribution in [-0.4, -0.2) is 30.8 Å². The molecule has 1 aliphatic rings. The summed E-state index contributed by atoms with van der Waals surface area (Å²) in [5, 5.41) is 3.21. The third kappa shape index (κ3) is 3.72. The maximum absolute atomic E-state index is 12.6. The fourth-order valence-electron chi connectivity index (χ4n) is 2.15. The maximum Gasteiger partial charge on any atom is 0.412 e. The summed E-state index contributed by atoms with van der Waals surface area (Å²) in [4.78, 5) is 6.11. The van der Waals surface area contributed by atoms with Crippen LogP contribution >= 0.6 is 0 Å². The quantitative estimate of drug-likeness (QED) is 0.862. The summed E-state index contributed by atoms with van der Waals surface area (Å²) in [6.45, 7) is 4.24. The zero-order valence-corrected chi connectivity index (χ0v) is 11.4. The monoisotopic (exact) mass is 285 g/mol. The average Bonchev–Trinajstić information content (AvgIpc) is 2.45. The van der Waals surface area contributed by atoms with Crippen LogP contribution in [0.15, 0.2) is 30.0 Å². The van der Waals surface area contributed by atoms with Gasteiger partial charge >= 0.3 is 6.18 Å². The summed E-state index contributed by atoms with van der Waals surface area (Å²) in [6.07, 6.45) is -1.23. The van der Waals surface area contributed by atoms with Crippen LogP contribution in [-0.2, 0) is 6.54 Å². The molecular formula is C14H18F3N3. The van der Waals surface area contributed by atoms with E-state index in [1.54, 1.807) is 6.20 Å². The molecule has 20 heavy (non-hydrogen) atoms. The van der Waals surface area contributed by atoms with Crippen LogP contribution < -0.4 is 10.2 Å². The minimum Gasteiger partial charge on any atom is -0.353 e. The Bertz CT molecular complexity index is 483. The molecule has 0 saturated heterocycles. The topological polar surface area (TPSA) is 28.2 Å².